The van der Waals surface area contributed by atoms with E-state index in [-0.39, 0.29) is 0 Å². The van der Waals surface area contributed by atoms with Crippen LogP contribution < -0.4 is 5.32 Å². The van der Waals surface area contributed by atoms with Gasteiger partial charge in [0.1, 0.15) is 0 Å². The maximum Gasteiger partial charge on any atom is 0.0366 e. The summed E-state index contributed by atoms with van der Waals surface area (Å²) in [6.45, 7) is 7.71. The van der Waals surface area contributed by atoms with Crippen molar-refractivity contribution in [2.45, 2.75) is 39.7 Å². The highest BCUT2D eigenvalue weighted by molar-refractivity contribution is 5.37. The lowest BCUT2D eigenvalue weighted by atomic mass is 9.91. The first kappa shape index (κ1) is 14.8. The molecule has 0 amide bonds. The molecule has 0 bridgehead atoms. The minimum Gasteiger partial charge on any atom is -0.310 e. The molecule has 0 radical (unpaired) electrons. The molecule has 0 aliphatic rings. The molecule has 0 aromatic heterocycles. The number of rotatable bonds is 6. The molecule has 0 spiro atoms. The SMILES string of the molecule is CCCNC(Cc1ccccc1)c1c(C)cccc1C. The third kappa shape index (κ3) is 3.71. The quantitative estimate of drug-likeness (QED) is 0.807. The van der Waals surface area contributed by atoms with E-state index >= 15 is 0 Å². The zero-order valence-corrected chi connectivity index (χ0v) is 12.8. The summed E-state index contributed by atoms with van der Waals surface area (Å²) in [6.07, 6.45) is 2.21. The highest BCUT2D eigenvalue weighted by Crippen LogP contribution is 2.25. The molecule has 1 atom stereocenters. The van der Waals surface area contributed by atoms with Gasteiger partial charge in [0, 0.05) is 6.04 Å². The standard InChI is InChI=1S/C19H25N/c1-4-13-20-18(14-17-11-6-5-7-12-17)19-15(2)9-8-10-16(19)3/h5-12,18,20H,4,13-14H2,1-3H3. The van der Waals surface area contributed by atoms with Crippen molar-refractivity contribution in [1.82, 2.24) is 5.32 Å². The van der Waals surface area contributed by atoms with Crippen LogP contribution >= 0.6 is 0 Å². The maximum absolute atomic E-state index is 3.72. The zero-order valence-electron chi connectivity index (χ0n) is 12.8. The number of benzene rings is 2. The van der Waals surface area contributed by atoms with Gasteiger partial charge in [-0.15, -0.1) is 0 Å². The van der Waals surface area contributed by atoms with Crippen molar-refractivity contribution < 1.29 is 0 Å². The second kappa shape index (κ2) is 7.25. The van der Waals surface area contributed by atoms with Crippen LogP contribution in [0.25, 0.3) is 0 Å². The summed E-state index contributed by atoms with van der Waals surface area (Å²) < 4.78 is 0. The summed E-state index contributed by atoms with van der Waals surface area (Å²) in [7, 11) is 0. The summed E-state index contributed by atoms with van der Waals surface area (Å²) in [4.78, 5) is 0. The van der Waals surface area contributed by atoms with Gasteiger partial charge in [-0.1, -0.05) is 55.5 Å². The van der Waals surface area contributed by atoms with Crippen LogP contribution in [-0.2, 0) is 6.42 Å². The van der Waals surface area contributed by atoms with Gasteiger partial charge in [0.05, 0.1) is 0 Å². The fourth-order valence-corrected chi connectivity index (χ4v) is 2.82. The summed E-state index contributed by atoms with van der Waals surface area (Å²) >= 11 is 0. The predicted molar refractivity (Wildman–Crippen MR) is 87.1 cm³/mol. The average Bonchev–Trinajstić information content (AvgIpc) is 2.45. The van der Waals surface area contributed by atoms with E-state index < -0.39 is 0 Å². The first-order valence-electron chi connectivity index (χ1n) is 7.55. The fourth-order valence-electron chi connectivity index (χ4n) is 2.82. The van der Waals surface area contributed by atoms with Gasteiger partial charge in [0.2, 0.25) is 0 Å². The second-order valence-electron chi connectivity index (χ2n) is 5.50. The highest BCUT2D eigenvalue weighted by atomic mass is 14.9. The average molecular weight is 267 g/mol. The van der Waals surface area contributed by atoms with Gasteiger partial charge in [0.15, 0.2) is 0 Å². The van der Waals surface area contributed by atoms with Crippen molar-refractivity contribution >= 4 is 0 Å². The van der Waals surface area contributed by atoms with Gasteiger partial charge >= 0.3 is 0 Å². The van der Waals surface area contributed by atoms with Crippen molar-refractivity contribution in [2.24, 2.45) is 0 Å². The van der Waals surface area contributed by atoms with Crippen LogP contribution in [0.3, 0.4) is 0 Å². The molecule has 0 saturated carbocycles. The Bertz CT molecular complexity index is 510. The lowest BCUT2D eigenvalue weighted by molar-refractivity contribution is 0.525. The van der Waals surface area contributed by atoms with E-state index in [9.17, 15) is 0 Å². The van der Waals surface area contributed by atoms with Crippen molar-refractivity contribution in [3.8, 4) is 0 Å². The molecule has 0 aliphatic heterocycles. The molecule has 0 saturated heterocycles. The molecule has 1 N–H and O–H groups in total. The molecule has 1 unspecified atom stereocenters. The Balaban J connectivity index is 2.27. The van der Waals surface area contributed by atoms with Crippen molar-refractivity contribution in [3.63, 3.8) is 0 Å². The Labute approximate surface area is 123 Å². The van der Waals surface area contributed by atoms with E-state index in [2.05, 4.69) is 74.6 Å². The van der Waals surface area contributed by atoms with E-state index in [1.54, 1.807) is 0 Å². The number of nitrogens with one attached hydrogen (secondary N) is 1. The normalized spacial score (nSPS) is 12.3. The molecular formula is C19H25N. The van der Waals surface area contributed by atoms with Crippen molar-refractivity contribution in [1.29, 1.82) is 0 Å². The molecule has 0 aliphatic carbocycles. The summed E-state index contributed by atoms with van der Waals surface area (Å²) in [5.74, 6) is 0. The smallest absolute Gasteiger partial charge is 0.0366 e. The van der Waals surface area contributed by atoms with Gasteiger partial charge in [-0.2, -0.15) is 0 Å². The van der Waals surface area contributed by atoms with Crippen molar-refractivity contribution in [2.75, 3.05) is 6.54 Å². The van der Waals surface area contributed by atoms with E-state index in [4.69, 9.17) is 0 Å². The maximum atomic E-state index is 3.72. The third-order valence-corrected chi connectivity index (χ3v) is 3.81. The summed E-state index contributed by atoms with van der Waals surface area (Å²) in [6, 6.07) is 17.7. The van der Waals surface area contributed by atoms with Crippen LogP contribution in [0, 0.1) is 13.8 Å². The minimum atomic E-state index is 0.401. The Kier molecular flexibility index (Phi) is 5.37. The molecule has 106 valence electrons. The second-order valence-corrected chi connectivity index (χ2v) is 5.50. The van der Waals surface area contributed by atoms with Gasteiger partial charge in [-0.25, -0.2) is 0 Å². The first-order valence-corrected chi connectivity index (χ1v) is 7.55. The van der Waals surface area contributed by atoms with E-state index in [0.717, 1.165) is 19.4 Å². The molecular weight excluding hydrogens is 242 g/mol. The van der Waals surface area contributed by atoms with E-state index in [1.807, 2.05) is 0 Å². The minimum absolute atomic E-state index is 0.401. The van der Waals surface area contributed by atoms with Crippen LogP contribution in [-0.4, -0.2) is 6.54 Å². The molecule has 2 rings (SSSR count). The summed E-state index contributed by atoms with van der Waals surface area (Å²) in [5.41, 5.74) is 5.62. The molecule has 1 nitrogen and oxygen atoms in total. The monoisotopic (exact) mass is 267 g/mol. The van der Waals surface area contributed by atoms with Crippen LogP contribution in [0.1, 0.15) is 41.6 Å². The topological polar surface area (TPSA) is 12.0 Å². The van der Waals surface area contributed by atoms with Crippen LogP contribution in [0.5, 0.6) is 0 Å². The first-order chi connectivity index (χ1) is 9.72. The summed E-state index contributed by atoms with van der Waals surface area (Å²) in [5, 5.41) is 3.72. The van der Waals surface area contributed by atoms with Crippen LogP contribution in [0.15, 0.2) is 48.5 Å². The predicted octanol–water partition coefficient (Wildman–Crippen LogP) is 4.59. The zero-order chi connectivity index (χ0) is 14.4. The Morgan fingerprint density at radius 3 is 2.15 bits per heavy atom. The lowest BCUT2D eigenvalue weighted by Gasteiger charge is -2.23. The van der Waals surface area contributed by atoms with Crippen molar-refractivity contribution in [3.05, 3.63) is 70.8 Å². The van der Waals surface area contributed by atoms with E-state index in [0.29, 0.717) is 6.04 Å². The highest BCUT2D eigenvalue weighted by Gasteiger charge is 2.15. The number of hydrogen-bond acceptors (Lipinski definition) is 1. The third-order valence-electron chi connectivity index (χ3n) is 3.81. The fraction of sp³-hybridized carbons (Fsp3) is 0.368. The van der Waals surface area contributed by atoms with Crippen LogP contribution in [0.2, 0.25) is 0 Å². The van der Waals surface area contributed by atoms with Gasteiger partial charge in [-0.3, -0.25) is 0 Å². The molecule has 2 aromatic rings. The van der Waals surface area contributed by atoms with Gasteiger partial charge in [-0.05, 0) is 55.5 Å². The lowest BCUT2D eigenvalue weighted by Crippen LogP contribution is -2.25. The number of hydrogen-bond donors (Lipinski definition) is 1. The molecule has 20 heavy (non-hydrogen) atoms. The number of aryl methyl sites for hydroxylation is 2. The molecule has 0 fully saturated rings. The molecule has 0 heterocycles. The Morgan fingerprint density at radius 2 is 1.55 bits per heavy atom. The Morgan fingerprint density at radius 1 is 0.900 bits per heavy atom. The largest absolute Gasteiger partial charge is 0.310 e. The molecule has 1 heteroatoms. The van der Waals surface area contributed by atoms with Gasteiger partial charge < -0.3 is 5.32 Å². The van der Waals surface area contributed by atoms with Gasteiger partial charge in [0.25, 0.3) is 0 Å². The van der Waals surface area contributed by atoms with Crippen LogP contribution in [0.4, 0.5) is 0 Å². The molecule has 2 aromatic carbocycles. The van der Waals surface area contributed by atoms with E-state index in [1.165, 1.54) is 22.3 Å². The Hall–Kier alpha value is -1.60.